The number of benzene rings is 2. The third-order valence-electron chi connectivity index (χ3n) is 5.63. The zero-order valence-corrected chi connectivity index (χ0v) is 17.6. The Bertz CT molecular complexity index is 1290. The molecule has 4 aromatic rings. The van der Waals surface area contributed by atoms with Crippen LogP contribution in [-0.4, -0.2) is 52.9 Å². The highest BCUT2D eigenvalue weighted by Crippen LogP contribution is 2.32. The van der Waals surface area contributed by atoms with Gasteiger partial charge in [-0.25, -0.2) is 9.50 Å². The van der Waals surface area contributed by atoms with Gasteiger partial charge in [0, 0.05) is 43.5 Å². The molecule has 0 aliphatic carbocycles. The summed E-state index contributed by atoms with van der Waals surface area (Å²) >= 11 is 0. The van der Waals surface area contributed by atoms with E-state index < -0.39 is 0 Å². The minimum absolute atomic E-state index is 0.238. The van der Waals surface area contributed by atoms with E-state index in [2.05, 4.69) is 20.2 Å². The lowest BCUT2D eigenvalue weighted by Gasteiger charge is -2.29. The van der Waals surface area contributed by atoms with Gasteiger partial charge in [0.25, 0.3) is 5.56 Å². The number of aromatic amines is 1. The smallest absolute Gasteiger partial charge is 0.277 e. The SMILES string of the molecule is COc1cc(N2CCNCC2)ccc1-c1nn2c(C)nc(-c3ccccc3)c2c(=O)[nH]1. The molecule has 0 atom stereocenters. The Balaban J connectivity index is 1.61. The van der Waals surface area contributed by atoms with Crippen molar-refractivity contribution >= 4 is 11.2 Å². The summed E-state index contributed by atoms with van der Waals surface area (Å²) in [6.07, 6.45) is 0. The molecule has 0 spiro atoms. The Morgan fingerprint density at radius 1 is 1.06 bits per heavy atom. The number of imidazole rings is 1. The van der Waals surface area contributed by atoms with E-state index in [4.69, 9.17) is 9.84 Å². The molecule has 31 heavy (non-hydrogen) atoms. The van der Waals surface area contributed by atoms with Gasteiger partial charge >= 0.3 is 0 Å². The highest BCUT2D eigenvalue weighted by Gasteiger charge is 2.19. The van der Waals surface area contributed by atoms with Crippen LogP contribution in [-0.2, 0) is 0 Å². The lowest BCUT2D eigenvalue weighted by atomic mass is 10.1. The van der Waals surface area contributed by atoms with Gasteiger partial charge in [0.1, 0.15) is 17.3 Å². The van der Waals surface area contributed by atoms with Crippen molar-refractivity contribution in [2.75, 3.05) is 38.2 Å². The summed E-state index contributed by atoms with van der Waals surface area (Å²) in [6, 6.07) is 15.7. The van der Waals surface area contributed by atoms with Crippen LogP contribution in [0.2, 0.25) is 0 Å². The molecule has 2 aromatic heterocycles. The summed E-state index contributed by atoms with van der Waals surface area (Å²) in [5.41, 5.74) is 3.53. The first-order chi connectivity index (χ1) is 15.2. The molecule has 0 amide bonds. The Morgan fingerprint density at radius 2 is 1.84 bits per heavy atom. The van der Waals surface area contributed by atoms with Crippen LogP contribution in [0.3, 0.4) is 0 Å². The fourth-order valence-electron chi connectivity index (χ4n) is 4.06. The maximum Gasteiger partial charge on any atom is 0.277 e. The summed E-state index contributed by atoms with van der Waals surface area (Å²) in [6.45, 7) is 5.65. The molecule has 1 aliphatic heterocycles. The van der Waals surface area contributed by atoms with Crippen molar-refractivity contribution < 1.29 is 4.74 Å². The molecule has 0 saturated carbocycles. The zero-order chi connectivity index (χ0) is 21.4. The van der Waals surface area contributed by atoms with Crippen LogP contribution in [0.4, 0.5) is 5.69 Å². The van der Waals surface area contributed by atoms with Crippen LogP contribution in [0.1, 0.15) is 5.82 Å². The number of aromatic nitrogens is 4. The summed E-state index contributed by atoms with van der Waals surface area (Å²) in [5, 5.41) is 8.06. The molecule has 3 heterocycles. The van der Waals surface area contributed by atoms with Gasteiger partial charge in [0.05, 0.1) is 12.7 Å². The lowest BCUT2D eigenvalue weighted by molar-refractivity contribution is 0.416. The van der Waals surface area contributed by atoms with Crippen LogP contribution in [0, 0.1) is 6.92 Å². The number of fused-ring (bicyclic) bond motifs is 1. The molecule has 0 unspecified atom stereocenters. The molecule has 1 aliphatic rings. The first-order valence-electron chi connectivity index (χ1n) is 10.3. The van der Waals surface area contributed by atoms with Crippen molar-refractivity contribution in [1.29, 1.82) is 0 Å². The van der Waals surface area contributed by atoms with Gasteiger partial charge in [0.15, 0.2) is 11.3 Å². The fraction of sp³-hybridized carbons (Fsp3) is 0.261. The number of anilines is 1. The number of nitrogens with one attached hydrogen (secondary N) is 2. The number of aryl methyl sites for hydroxylation is 1. The third kappa shape index (κ3) is 3.44. The molecule has 8 nitrogen and oxygen atoms in total. The molecule has 0 bridgehead atoms. The van der Waals surface area contributed by atoms with Crippen molar-refractivity contribution in [3.05, 3.63) is 64.7 Å². The van der Waals surface area contributed by atoms with Gasteiger partial charge in [-0.1, -0.05) is 30.3 Å². The normalized spacial score (nSPS) is 14.2. The van der Waals surface area contributed by atoms with E-state index in [0.29, 0.717) is 28.6 Å². The second kappa shape index (κ2) is 7.88. The summed E-state index contributed by atoms with van der Waals surface area (Å²) in [4.78, 5) is 22.9. The monoisotopic (exact) mass is 416 g/mol. The Hall–Kier alpha value is -3.65. The first-order valence-corrected chi connectivity index (χ1v) is 10.3. The van der Waals surface area contributed by atoms with E-state index in [1.807, 2.05) is 55.5 Å². The number of ether oxygens (including phenoxy) is 1. The van der Waals surface area contributed by atoms with Crippen molar-refractivity contribution in [3.63, 3.8) is 0 Å². The Kier molecular flexibility index (Phi) is 4.91. The van der Waals surface area contributed by atoms with Gasteiger partial charge in [0.2, 0.25) is 0 Å². The fourth-order valence-corrected chi connectivity index (χ4v) is 4.06. The number of H-pyrrole nitrogens is 1. The second-order valence-electron chi connectivity index (χ2n) is 7.56. The molecule has 2 N–H and O–H groups in total. The number of hydrogen-bond acceptors (Lipinski definition) is 6. The molecule has 1 fully saturated rings. The maximum atomic E-state index is 13.1. The predicted octanol–water partition coefficient (Wildman–Crippen LogP) is 2.48. The highest BCUT2D eigenvalue weighted by atomic mass is 16.5. The largest absolute Gasteiger partial charge is 0.496 e. The first kappa shape index (κ1) is 19.3. The zero-order valence-electron chi connectivity index (χ0n) is 17.6. The van der Waals surface area contributed by atoms with Crippen LogP contribution >= 0.6 is 0 Å². The minimum atomic E-state index is -0.238. The summed E-state index contributed by atoms with van der Waals surface area (Å²) in [5.74, 6) is 1.76. The second-order valence-corrected chi connectivity index (χ2v) is 7.56. The quantitative estimate of drug-likeness (QED) is 0.532. The number of nitrogens with zero attached hydrogens (tertiary/aromatic N) is 4. The van der Waals surface area contributed by atoms with Gasteiger partial charge in [-0.15, -0.1) is 5.10 Å². The van der Waals surface area contributed by atoms with Crippen LogP contribution in [0.5, 0.6) is 5.75 Å². The molecule has 2 aromatic carbocycles. The Morgan fingerprint density at radius 3 is 2.58 bits per heavy atom. The molecule has 5 rings (SSSR count). The summed E-state index contributed by atoms with van der Waals surface area (Å²) in [7, 11) is 1.63. The van der Waals surface area contributed by atoms with E-state index >= 15 is 0 Å². The van der Waals surface area contributed by atoms with Gasteiger partial charge in [-0.2, -0.15) is 0 Å². The molecular formula is C23H24N6O2. The number of piperazine rings is 1. The van der Waals surface area contributed by atoms with Crippen molar-refractivity contribution in [2.24, 2.45) is 0 Å². The van der Waals surface area contributed by atoms with Crippen LogP contribution in [0.25, 0.3) is 28.2 Å². The van der Waals surface area contributed by atoms with Gasteiger partial charge in [-0.05, 0) is 19.1 Å². The standard InChI is InChI=1S/C23H24N6O2/c1-15-25-20(16-6-4-3-5-7-16)21-23(30)26-22(27-29(15)21)18-9-8-17(14-19(18)31-2)28-12-10-24-11-13-28/h3-9,14,24H,10-13H2,1-2H3,(H,26,27,30). The molecule has 1 saturated heterocycles. The number of hydrogen-bond donors (Lipinski definition) is 2. The average molecular weight is 416 g/mol. The number of rotatable bonds is 4. The van der Waals surface area contributed by atoms with Crippen molar-refractivity contribution in [2.45, 2.75) is 6.92 Å². The van der Waals surface area contributed by atoms with E-state index in [1.165, 1.54) is 0 Å². The van der Waals surface area contributed by atoms with Crippen LogP contribution in [0.15, 0.2) is 53.3 Å². The molecule has 8 heteroatoms. The van der Waals surface area contributed by atoms with Crippen molar-refractivity contribution in [1.82, 2.24) is 24.9 Å². The highest BCUT2D eigenvalue weighted by molar-refractivity contribution is 5.77. The Labute approximate surface area is 179 Å². The van der Waals surface area contributed by atoms with Crippen LogP contribution < -0.4 is 20.5 Å². The average Bonchev–Trinajstić information content (AvgIpc) is 3.16. The van der Waals surface area contributed by atoms with E-state index in [9.17, 15) is 4.79 Å². The van der Waals surface area contributed by atoms with Gasteiger partial charge < -0.3 is 19.9 Å². The number of methoxy groups -OCH3 is 1. The molecular weight excluding hydrogens is 392 g/mol. The molecule has 0 radical (unpaired) electrons. The third-order valence-corrected chi connectivity index (χ3v) is 5.63. The topological polar surface area (TPSA) is 87.5 Å². The van der Waals surface area contributed by atoms with Gasteiger partial charge in [-0.3, -0.25) is 4.79 Å². The summed E-state index contributed by atoms with van der Waals surface area (Å²) < 4.78 is 7.27. The minimum Gasteiger partial charge on any atom is -0.496 e. The lowest BCUT2D eigenvalue weighted by Crippen LogP contribution is -2.43. The maximum absolute atomic E-state index is 13.1. The van der Waals surface area contributed by atoms with E-state index in [1.54, 1.807) is 11.6 Å². The van der Waals surface area contributed by atoms with E-state index in [-0.39, 0.29) is 5.56 Å². The molecule has 158 valence electrons. The predicted molar refractivity (Wildman–Crippen MR) is 121 cm³/mol. The van der Waals surface area contributed by atoms with E-state index in [0.717, 1.165) is 43.0 Å². The van der Waals surface area contributed by atoms with Crippen molar-refractivity contribution in [3.8, 4) is 28.4 Å².